The molecular formula is C16H24N2OS. The van der Waals surface area contributed by atoms with E-state index in [2.05, 4.69) is 23.3 Å². The van der Waals surface area contributed by atoms with Crippen molar-refractivity contribution in [2.75, 3.05) is 6.54 Å². The fraction of sp³-hybridized carbons (Fsp3) is 0.688. The Morgan fingerprint density at radius 1 is 1.55 bits per heavy atom. The minimum atomic E-state index is -0.713. The molecule has 20 heavy (non-hydrogen) atoms. The second-order valence-corrected chi connectivity index (χ2v) is 7.50. The van der Waals surface area contributed by atoms with Crippen molar-refractivity contribution < 1.29 is 4.79 Å². The van der Waals surface area contributed by atoms with Crippen LogP contribution < -0.4 is 5.73 Å². The number of carbonyl (C=O) groups is 1. The first-order valence-corrected chi connectivity index (χ1v) is 8.59. The number of amides is 1. The SMILES string of the molecule is CCCC(C)(N)C(=O)N1CCc2sccc2C1C1CC1. The molecule has 2 heterocycles. The molecule has 4 heteroatoms. The van der Waals surface area contributed by atoms with E-state index in [1.165, 1.54) is 23.3 Å². The Labute approximate surface area is 125 Å². The molecule has 2 atom stereocenters. The average molecular weight is 292 g/mol. The molecule has 1 amide bonds. The molecule has 2 N–H and O–H groups in total. The Bertz CT molecular complexity index is 504. The fourth-order valence-corrected chi connectivity index (χ4v) is 4.36. The summed E-state index contributed by atoms with van der Waals surface area (Å²) >= 11 is 1.84. The Kier molecular flexibility index (Phi) is 3.63. The smallest absolute Gasteiger partial charge is 0.242 e. The van der Waals surface area contributed by atoms with Crippen LogP contribution in [0.2, 0.25) is 0 Å². The van der Waals surface area contributed by atoms with Crippen LogP contribution in [0.15, 0.2) is 11.4 Å². The van der Waals surface area contributed by atoms with Gasteiger partial charge in [0.2, 0.25) is 5.91 Å². The van der Waals surface area contributed by atoms with Crippen molar-refractivity contribution in [2.45, 2.75) is 57.5 Å². The molecule has 0 radical (unpaired) electrons. The van der Waals surface area contributed by atoms with Crippen LogP contribution in [0.5, 0.6) is 0 Å². The van der Waals surface area contributed by atoms with Crippen LogP contribution in [-0.2, 0) is 11.2 Å². The van der Waals surface area contributed by atoms with Crippen molar-refractivity contribution in [1.82, 2.24) is 4.90 Å². The van der Waals surface area contributed by atoms with Gasteiger partial charge in [0.25, 0.3) is 0 Å². The third-order valence-electron chi connectivity index (χ3n) is 4.60. The summed E-state index contributed by atoms with van der Waals surface area (Å²) in [5.41, 5.74) is 6.97. The summed E-state index contributed by atoms with van der Waals surface area (Å²) < 4.78 is 0. The highest BCUT2D eigenvalue weighted by Gasteiger charge is 2.44. The summed E-state index contributed by atoms with van der Waals surface area (Å²) in [6, 6.07) is 2.51. The van der Waals surface area contributed by atoms with Gasteiger partial charge in [-0.1, -0.05) is 13.3 Å². The minimum Gasteiger partial charge on any atom is -0.333 e. The van der Waals surface area contributed by atoms with E-state index in [-0.39, 0.29) is 11.9 Å². The van der Waals surface area contributed by atoms with Crippen LogP contribution in [-0.4, -0.2) is 22.9 Å². The van der Waals surface area contributed by atoms with E-state index in [1.54, 1.807) is 0 Å². The van der Waals surface area contributed by atoms with Gasteiger partial charge < -0.3 is 10.6 Å². The number of thiophene rings is 1. The van der Waals surface area contributed by atoms with Gasteiger partial charge in [-0.15, -0.1) is 11.3 Å². The Morgan fingerprint density at radius 2 is 2.30 bits per heavy atom. The van der Waals surface area contributed by atoms with Crippen LogP contribution in [0.1, 0.15) is 56.0 Å². The first-order valence-electron chi connectivity index (χ1n) is 7.71. The van der Waals surface area contributed by atoms with E-state index in [4.69, 9.17) is 5.73 Å². The molecule has 1 fully saturated rings. The second-order valence-electron chi connectivity index (χ2n) is 6.50. The number of hydrogen-bond donors (Lipinski definition) is 1. The number of nitrogens with zero attached hydrogens (tertiary/aromatic N) is 1. The number of fused-ring (bicyclic) bond motifs is 1. The van der Waals surface area contributed by atoms with Gasteiger partial charge in [-0.25, -0.2) is 0 Å². The molecule has 110 valence electrons. The van der Waals surface area contributed by atoms with Crippen molar-refractivity contribution in [3.63, 3.8) is 0 Å². The van der Waals surface area contributed by atoms with E-state index < -0.39 is 5.54 Å². The quantitative estimate of drug-likeness (QED) is 0.927. The zero-order valence-electron chi connectivity index (χ0n) is 12.4. The number of hydrogen-bond acceptors (Lipinski definition) is 3. The summed E-state index contributed by atoms with van der Waals surface area (Å²) in [5.74, 6) is 0.804. The third kappa shape index (κ3) is 2.40. The van der Waals surface area contributed by atoms with Crippen LogP contribution in [0, 0.1) is 5.92 Å². The minimum absolute atomic E-state index is 0.146. The lowest BCUT2D eigenvalue weighted by Crippen LogP contribution is -2.55. The average Bonchev–Trinajstić information content (AvgIpc) is 3.13. The highest BCUT2D eigenvalue weighted by atomic mass is 32.1. The number of nitrogens with two attached hydrogens (primary N) is 1. The molecule has 3 nitrogen and oxygen atoms in total. The van der Waals surface area contributed by atoms with Gasteiger partial charge in [-0.3, -0.25) is 4.79 Å². The molecule has 0 saturated heterocycles. The number of rotatable bonds is 4. The maximum Gasteiger partial charge on any atom is 0.242 e. The van der Waals surface area contributed by atoms with Crippen molar-refractivity contribution in [3.05, 3.63) is 21.9 Å². The number of carbonyl (C=O) groups excluding carboxylic acids is 1. The zero-order valence-corrected chi connectivity index (χ0v) is 13.2. The molecule has 1 aromatic rings. The van der Waals surface area contributed by atoms with Gasteiger partial charge in [0.15, 0.2) is 0 Å². The van der Waals surface area contributed by atoms with Crippen molar-refractivity contribution >= 4 is 17.2 Å². The van der Waals surface area contributed by atoms with Gasteiger partial charge >= 0.3 is 0 Å². The predicted molar refractivity (Wildman–Crippen MR) is 82.7 cm³/mol. The molecule has 0 bridgehead atoms. The maximum atomic E-state index is 12.9. The lowest BCUT2D eigenvalue weighted by Gasteiger charge is -2.40. The standard InChI is InChI=1S/C16H24N2OS/c1-3-8-16(2,17)15(19)18-9-6-13-12(7-10-20-13)14(18)11-4-5-11/h7,10-11,14H,3-6,8-9,17H2,1-2H3. The third-order valence-corrected chi connectivity index (χ3v) is 5.60. The van der Waals surface area contributed by atoms with Crippen LogP contribution in [0.3, 0.4) is 0 Å². The first kappa shape index (κ1) is 14.1. The Balaban J connectivity index is 1.88. The van der Waals surface area contributed by atoms with Crippen molar-refractivity contribution in [2.24, 2.45) is 11.7 Å². The van der Waals surface area contributed by atoms with Crippen LogP contribution >= 0.6 is 11.3 Å². The summed E-state index contributed by atoms with van der Waals surface area (Å²) in [7, 11) is 0. The van der Waals surface area contributed by atoms with E-state index in [9.17, 15) is 4.79 Å². The van der Waals surface area contributed by atoms with Gasteiger partial charge in [0.1, 0.15) is 0 Å². The topological polar surface area (TPSA) is 46.3 Å². The molecule has 1 aliphatic heterocycles. The van der Waals surface area contributed by atoms with Crippen molar-refractivity contribution in [3.8, 4) is 0 Å². The van der Waals surface area contributed by atoms with Crippen LogP contribution in [0.4, 0.5) is 0 Å². The molecule has 0 aromatic carbocycles. The lowest BCUT2D eigenvalue weighted by molar-refractivity contribution is -0.140. The summed E-state index contributed by atoms with van der Waals surface area (Å²) in [5, 5.41) is 2.17. The van der Waals surface area contributed by atoms with E-state index >= 15 is 0 Å². The summed E-state index contributed by atoms with van der Waals surface area (Å²) in [6.07, 6.45) is 5.20. The van der Waals surface area contributed by atoms with Crippen LogP contribution in [0.25, 0.3) is 0 Å². The lowest BCUT2D eigenvalue weighted by atomic mass is 9.90. The molecule has 3 rings (SSSR count). The van der Waals surface area contributed by atoms with E-state index in [1.807, 2.05) is 18.3 Å². The van der Waals surface area contributed by atoms with Gasteiger partial charge in [-0.2, -0.15) is 0 Å². The maximum absolute atomic E-state index is 12.9. The molecule has 1 aliphatic carbocycles. The zero-order chi connectivity index (χ0) is 14.3. The Hall–Kier alpha value is -0.870. The van der Waals surface area contributed by atoms with Gasteiger partial charge in [0, 0.05) is 11.4 Å². The molecule has 2 unspecified atom stereocenters. The molecule has 2 aliphatic rings. The van der Waals surface area contributed by atoms with Crippen molar-refractivity contribution in [1.29, 1.82) is 0 Å². The molecule has 1 aromatic heterocycles. The monoisotopic (exact) mass is 292 g/mol. The van der Waals surface area contributed by atoms with Gasteiger partial charge in [0.05, 0.1) is 11.6 Å². The molecule has 0 spiro atoms. The Morgan fingerprint density at radius 3 is 2.95 bits per heavy atom. The van der Waals surface area contributed by atoms with E-state index in [0.29, 0.717) is 5.92 Å². The van der Waals surface area contributed by atoms with Gasteiger partial charge in [-0.05, 0) is 55.5 Å². The largest absolute Gasteiger partial charge is 0.333 e. The first-order chi connectivity index (χ1) is 9.54. The molecular weight excluding hydrogens is 268 g/mol. The predicted octanol–water partition coefficient (Wildman–Crippen LogP) is 3.10. The normalized spacial score (nSPS) is 25.1. The highest BCUT2D eigenvalue weighted by Crippen LogP contribution is 2.48. The second kappa shape index (κ2) is 5.15. The highest BCUT2D eigenvalue weighted by molar-refractivity contribution is 7.10. The fourth-order valence-electron chi connectivity index (χ4n) is 3.45. The van der Waals surface area contributed by atoms with E-state index in [0.717, 1.165) is 25.8 Å². The summed E-state index contributed by atoms with van der Waals surface area (Å²) in [4.78, 5) is 16.4. The summed E-state index contributed by atoms with van der Waals surface area (Å²) in [6.45, 7) is 4.82. The molecule has 1 saturated carbocycles.